The molecule has 94 valence electrons. The molecule has 19 heavy (non-hydrogen) atoms. The van der Waals surface area contributed by atoms with Gasteiger partial charge in [0.1, 0.15) is 17.3 Å². The number of rotatable bonds is 2. The molecule has 3 nitrogen and oxygen atoms in total. The number of benzene rings is 1. The van der Waals surface area contributed by atoms with E-state index in [1.54, 1.807) is 12.2 Å². The fourth-order valence-corrected chi connectivity index (χ4v) is 1.92. The minimum absolute atomic E-state index is 0.354. The summed E-state index contributed by atoms with van der Waals surface area (Å²) in [6, 6.07) is 13.2. The van der Waals surface area contributed by atoms with Crippen molar-refractivity contribution in [1.82, 2.24) is 0 Å². The third kappa shape index (κ3) is 2.36. The van der Waals surface area contributed by atoms with Gasteiger partial charge in [0.25, 0.3) is 0 Å². The first kappa shape index (κ1) is 11.5. The van der Waals surface area contributed by atoms with Crippen LogP contribution in [0.5, 0.6) is 0 Å². The Morgan fingerprint density at radius 3 is 2.53 bits per heavy atom. The summed E-state index contributed by atoms with van der Waals surface area (Å²) < 4.78 is 10.7. The van der Waals surface area contributed by atoms with Crippen LogP contribution < -0.4 is 0 Å². The molecule has 2 aromatic rings. The fourth-order valence-electron chi connectivity index (χ4n) is 1.92. The number of hydrogen-bond acceptors (Lipinski definition) is 3. The number of furan rings is 1. The van der Waals surface area contributed by atoms with Crippen molar-refractivity contribution < 1.29 is 13.9 Å². The summed E-state index contributed by atoms with van der Waals surface area (Å²) in [6.45, 7) is 1.86. The molecule has 0 bridgehead atoms. The first-order chi connectivity index (χ1) is 9.22. The minimum Gasteiger partial charge on any atom is -0.462 e. The van der Waals surface area contributed by atoms with Gasteiger partial charge >= 0.3 is 5.97 Å². The van der Waals surface area contributed by atoms with Gasteiger partial charge in [0, 0.05) is 5.56 Å². The second-order valence-corrected chi connectivity index (χ2v) is 4.31. The van der Waals surface area contributed by atoms with Crippen LogP contribution in [0.15, 0.2) is 58.5 Å². The molecule has 0 fully saturated rings. The van der Waals surface area contributed by atoms with E-state index in [0.29, 0.717) is 17.1 Å². The van der Waals surface area contributed by atoms with Crippen LogP contribution in [0, 0.1) is 6.92 Å². The highest BCUT2D eigenvalue weighted by molar-refractivity contribution is 6.04. The largest absolute Gasteiger partial charge is 0.462 e. The maximum atomic E-state index is 11.8. The normalized spacial score (nSPS) is 16.6. The molecule has 1 aliphatic heterocycles. The monoisotopic (exact) mass is 252 g/mol. The molecule has 0 unspecified atom stereocenters. The predicted molar refractivity (Wildman–Crippen MR) is 71.9 cm³/mol. The van der Waals surface area contributed by atoms with Gasteiger partial charge in [0.05, 0.1) is 5.57 Å². The average Bonchev–Trinajstić information content (AvgIpc) is 2.98. The zero-order chi connectivity index (χ0) is 13.2. The zero-order valence-electron chi connectivity index (χ0n) is 10.4. The highest BCUT2D eigenvalue weighted by Crippen LogP contribution is 2.27. The Balaban J connectivity index is 1.94. The highest BCUT2D eigenvalue weighted by atomic mass is 16.5. The van der Waals surface area contributed by atoms with Crippen LogP contribution in [0.2, 0.25) is 0 Å². The second-order valence-electron chi connectivity index (χ2n) is 4.31. The number of ether oxygens (including phenoxy) is 1. The topological polar surface area (TPSA) is 39.4 Å². The summed E-state index contributed by atoms with van der Waals surface area (Å²) in [5.74, 6) is 1.67. The second kappa shape index (κ2) is 4.61. The Labute approximate surface area is 110 Å². The maximum Gasteiger partial charge on any atom is 0.343 e. The zero-order valence-corrected chi connectivity index (χ0v) is 10.4. The number of esters is 1. The summed E-state index contributed by atoms with van der Waals surface area (Å²) in [5, 5.41) is 0. The number of carbonyl (C=O) groups excluding carboxylic acids is 1. The van der Waals surface area contributed by atoms with Gasteiger partial charge in [0.15, 0.2) is 0 Å². The van der Waals surface area contributed by atoms with E-state index in [1.165, 1.54) is 0 Å². The van der Waals surface area contributed by atoms with Crippen molar-refractivity contribution in [2.45, 2.75) is 6.92 Å². The van der Waals surface area contributed by atoms with Crippen molar-refractivity contribution in [2.75, 3.05) is 0 Å². The summed E-state index contributed by atoms with van der Waals surface area (Å²) >= 11 is 0. The van der Waals surface area contributed by atoms with Gasteiger partial charge in [-0.1, -0.05) is 30.3 Å². The summed E-state index contributed by atoms with van der Waals surface area (Å²) in [6.07, 6.45) is 3.42. The molecule has 0 atom stereocenters. The van der Waals surface area contributed by atoms with Crippen molar-refractivity contribution in [1.29, 1.82) is 0 Å². The van der Waals surface area contributed by atoms with Gasteiger partial charge < -0.3 is 9.15 Å². The molecule has 3 heteroatoms. The number of cyclic esters (lactones) is 1. The molecule has 0 amide bonds. The van der Waals surface area contributed by atoms with Crippen molar-refractivity contribution >= 4 is 17.8 Å². The van der Waals surface area contributed by atoms with Crippen molar-refractivity contribution in [3.8, 4) is 0 Å². The van der Waals surface area contributed by atoms with Crippen molar-refractivity contribution in [2.24, 2.45) is 0 Å². The lowest BCUT2D eigenvalue weighted by atomic mass is 10.1. The van der Waals surface area contributed by atoms with E-state index in [-0.39, 0.29) is 5.97 Å². The van der Waals surface area contributed by atoms with Gasteiger partial charge in [-0.05, 0) is 31.2 Å². The fraction of sp³-hybridized carbons (Fsp3) is 0.0625. The van der Waals surface area contributed by atoms with Gasteiger partial charge in [-0.25, -0.2) is 4.79 Å². The highest BCUT2D eigenvalue weighted by Gasteiger charge is 2.22. The molecule has 3 rings (SSSR count). The molecule has 0 saturated carbocycles. The molecule has 1 aromatic carbocycles. The smallest absolute Gasteiger partial charge is 0.343 e. The lowest BCUT2D eigenvalue weighted by Crippen LogP contribution is -1.96. The van der Waals surface area contributed by atoms with Gasteiger partial charge in [-0.2, -0.15) is 0 Å². The molecule has 0 aliphatic carbocycles. The molecule has 1 aromatic heterocycles. The third-order valence-electron chi connectivity index (χ3n) is 2.84. The molecule has 1 aliphatic rings. The summed E-state index contributed by atoms with van der Waals surface area (Å²) in [7, 11) is 0. The van der Waals surface area contributed by atoms with Crippen LogP contribution in [0.25, 0.3) is 11.8 Å². The van der Waals surface area contributed by atoms with E-state index in [4.69, 9.17) is 9.15 Å². The number of hydrogen-bond donors (Lipinski definition) is 0. The molecular formula is C16H12O3. The Morgan fingerprint density at radius 1 is 1.05 bits per heavy atom. The van der Waals surface area contributed by atoms with Crippen molar-refractivity contribution in [3.05, 3.63) is 71.2 Å². The van der Waals surface area contributed by atoms with Gasteiger partial charge in [-0.15, -0.1) is 0 Å². The van der Waals surface area contributed by atoms with Crippen molar-refractivity contribution in [3.63, 3.8) is 0 Å². The SMILES string of the molecule is Cc1ccc(/C=C2/C=C(c3ccccc3)OC2=O)o1. The standard InChI is InChI=1S/C16H12O3/c1-11-7-8-14(18-11)9-13-10-15(19-16(13)17)12-5-3-2-4-6-12/h2-10H,1H3/b13-9-. The Hall–Kier alpha value is -2.55. The maximum absolute atomic E-state index is 11.8. The average molecular weight is 252 g/mol. The first-order valence-corrected chi connectivity index (χ1v) is 6.00. The van der Waals surface area contributed by atoms with Crippen LogP contribution in [0.4, 0.5) is 0 Å². The Bertz CT molecular complexity index is 675. The molecule has 0 N–H and O–H groups in total. The van der Waals surface area contributed by atoms with E-state index < -0.39 is 0 Å². The summed E-state index contributed by atoms with van der Waals surface area (Å²) in [5.41, 5.74) is 1.38. The van der Waals surface area contributed by atoms with Gasteiger partial charge in [-0.3, -0.25) is 0 Å². The quantitative estimate of drug-likeness (QED) is 0.606. The van der Waals surface area contributed by atoms with E-state index in [1.807, 2.05) is 49.4 Å². The Kier molecular flexibility index (Phi) is 2.80. The van der Waals surface area contributed by atoms with E-state index in [0.717, 1.165) is 11.3 Å². The van der Waals surface area contributed by atoms with Crippen LogP contribution >= 0.6 is 0 Å². The van der Waals surface area contributed by atoms with Crippen LogP contribution in [-0.2, 0) is 9.53 Å². The van der Waals surface area contributed by atoms with Crippen LogP contribution in [-0.4, -0.2) is 5.97 Å². The van der Waals surface area contributed by atoms with Gasteiger partial charge in [0.2, 0.25) is 0 Å². The predicted octanol–water partition coefficient (Wildman–Crippen LogP) is 3.57. The third-order valence-corrected chi connectivity index (χ3v) is 2.84. The number of carbonyl (C=O) groups is 1. The molecular weight excluding hydrogens is 240 g/mol. The molecule has 0 radical (unpaired) electrons. The summed E-state index contributed by atoms with van der Waals surface area (Å²) in [4.78, 5) is 11.8. The van der Waals surface area contributed by atoms with E-state index >= 15 is 0 Å². The molecule has 0 spiro atoms. The van der Waals surface area contributed by atoms with E-state index in [2.05, 4.69) is 0 Å². The number of aryl methyl sites for hydroxylation is 1. The Morgan fingerprint density at radius 2 is 1.84 bits per heavy atom. The van der Waals surface area contributed by atoms with Crippen LogP contribution in [0.3, 0.4) is 0 Å². The minimum atomic E-state index is -0.354. The molecule has 0 saturated heterocycles. The molecule has 2 heterocycles. The van der Waals surface area contributed by atoms with E-state index in [9.17, 15) is 4.79 Å². The lowest BCUT2D eigenvalue weighted by Gasteiger charge is -1.99. The first-order valence-electron chi connectivity index (χ1n) is 6.00. The van der Waals surface area contributed by atoms with Crippen LogP contribution in [0.1, 0.15) is 17.1 Å². The lowest BCUT2D eigenvalue weighted by molar-refractivity contribution is -0.130.